The van der Waals surface area contributed by atoms with Crippen LogP contribution in [0.2, 0.25) is 0 Å². The number of ether oxygens (including phenoxy) is 1. The molecule has 2 aromatic carbocycles. The van der Waals surface area contributed by atoms with Gasteiger partial charge >= 0.3 is 5.69 Å². The maximum atomic E-state index is 13.2. The number of benzene rings is 2. The molecule has 1 N–H and O–H groups in total. The van der Waals surface area contributed by atoms with E-state index in [0.717, 1.165) is 10.1 Å². The third-order valence-electron chi connectivity index (χ3n) is 4.80. The molecule has 1 aromatic heterocycles. The molecule has 29 heavy (non-hydrogen) atoms. The van der Waals surface area contributed by atoms with Gasteiger partial charge in [0.25, 0.3) is 5.56 Å². The van der Waals surface area contributed by atoms with Gasteiger partial charge in [0.1, 0.15) is 6.54 Å². The first-order valence-corrected chi connectivity index (χ1v) is 9.54. The highest BCUT2D eigenvalue weighted by Gasteiger charge is 2.16. The van der Waals surface area contributed by atoms with Crippen molar-refractivity contribution in [2.24, 2.45) is 0 Å². The molecule has 7 heteroatoms. The molecule has 0 saturated heterocycles. The average molecular weight is 395 g/mol. The molecule has 0 fully saturated rings. The summed E-state index contributed by atoms with van der Waals surface area (Å²) in [5.41, 5.74) is 1.07. The molecule has 152 valence electrons. The van der Waals surface area contributed by atoms with E-state index in [4.69, 9.17) is 4.74 Å². The SMILES string of the molecule is COCCNC(=O)Cn1c(=O)n(-c2ccc(C(C)C)cc2)c(=O)c2ccccc21. The Bertz CT molecular complexity index is 1130. The van der Waals surface area contributed by atoms with Gasteiger partial charge < -0.3 is 10.1 Å². The predicted octanol–water partition coefficient (Wildman–Crippen LogP) is 2.04. The van der Waals surface area contributed by atoms with Crippen molar-refractivity contribution >= 4 is 16.8 Å². The number of aromatic nitrogens is 2. The fourth-order valence-corrected chi connectivity index (χ4v) is 3.20. The Hall–Kier alpha value is -3.19. The molecule has 3 aromatic rings. The zero-order valence-electron chi connectivity index (χ0n) is 16.8. The number of hydrogen-bond acceptors (Lipinski definition) is 4. The van der Waals surface area contributed by atoms with Crippen LogP contribution in [0, 0.1) is 0 Å². The third kappa shape index (κ3) is 4.30. The average Bonchev–Trinajstić information content (AvgIpc) is 2.72. The number of nitrogens with zero attached hydrogens (tertiary/aromatic N) is 2. The molecule has 1 heterocycles. The van der Waals surface area contributed by atoms with Crippen LogP contribution in [0.1, 0.15) is 25.3 Å². The Balaban J connectivity index is 2.12. The minimum atomic E-state index is -0.548. The Kier molecular flexibility index (Phi) is 6.29. The number of nitrogens with one attached hydrogen (secondary N) is 1. The lowest BCUT2D eigenvalue weighted by Crippen LogP contribution is -2.42. The lowest BCUT2D eigenvalue weighted by Gasteiger charge is -2.15. The molecule has 0 bridgehead atoms. The van der Waals surface area contributed by atoms with Crippen LogP contribution < -0.4 is 16.6 Å². The highest BCUT2D eigenvalue weighted by Crippen LogP contribution is 2.16. The van der Waals surface area contributed by atoms with Crippen LogP contribution >= 0.6 is 0 Å². The summed E-state index contributed by atoms with van der Waals surface area (Å²) in [7, 11) is 1.55. The van der Waals surface area contributed by atoms with Gasteiger partial charge in [0, 0.05) is 13.7 Å². The highest BCUT2D eigenvalue weighted by atomic mass is 16.5. The molecule has 0 saturated carbocycles. The van der Waals surface area contributed by atoms with E-state index in [1.807, 2.05) is 12.1 Å². The number of hydrogen-bond donors (Lipinski definition) is 1. The van der Waals surface area contributed by atoms with Crippen molar-refractivity contribution in [3.63, 3.8) is 0 Å². The summed E-state index contributed by atoms with van der Waals surface area (Å²) in [5, 5.41) is 3.09. The van der Waals surface area contributed by atoms with Crippen molar-refractivity contribution in [1.29, 1.82) is 0 Å². The minimum absolute atomic E-state index is 0.187. The Morgan fingerprint density at radius 1 is 1.07 bits per heavy atom. The Morgan fingerprint density at radius 3 is 2.41 bits per heavy atom. The van der Waals surface area contributed by atoms with Crippen LogP contribution in [0.25, 0.3) is 16.6 Å². The van der Waals surface area contributed by atoms with Crippen molar-refractivity contribution in [2.75, 3.05) is 20.3 Å². The summed E-state index contributed by atoms with van der Waals surface area (Å²) >= 11 is 0. The van der Waals surface area contributed by atoms with Crippen LogP contribution in [0.5, 0.6) is 0 Å². The van der Waals surface area contributed by atoms with Gasteiger partial charge in [0.2, 0.25) is 5.91 Å². The lowest BCUT2D eigenvalue weighted by molar-refractivity contribution is -0.121. The van der Waals surface area contributed by atoms with E-state index >= 15 is 0 Å². The number of rotatable bonds is 7. The second-order valence-electron chi connectivity index (χ2n) is 7.12. The fraction of sp³-hybridized carbons (Fsp3) is 0.318. The summed E-state index contributed by atoms with van der Waals surface area (Å²) in [5.74, 6) is 0.0134. The van der Waals surface area contributed by atoms with E-state index < -0.39 is 11.2 Å². The largest absolute Gasteiger partial charge is 0.383 e. The van der Waals surface area contributed by atoms with Crippen molar-refractivity contribution < 1.29 is 9.53 Å². The molecule has 0 aliphatic heterocycles. The number of carbonyl (C=O) groups is 1. The third-order valence-corrected chi connectivity index (χ3v) is 4.80. The van der Waals surface area contributed by atoms with Crippen LogP contribution in [0.15, 0.2) is 58.1 Å². The number of carbonyl (C=O) groups excluding carboxylic acids is 1. The zero-order chi connectivity index (χ0) is 21.0. The van der Waals surface area contributed by atoms with E-state index in [0.29, 0.717) is 35.7 Å². The summed E-state index contributed by atoms with van der Waals surface area (Å²) in [6.07, 6.45) is 0. The second kappa shape index (κ2) is 8.87. The predicted molar refractivity (Wildman–Crippen MR) is 113 cm³/mol. The second-order valence-corrected chi connectivity index (χ2v) is 7.12. The van der Waals surface area contributed by atoms with Crippen molar-refractivity contribution in [1.82, 2.24) is 14.5 Å². The molecule has 1 amide bonds. The summed E-state index contributed by atoms with van der Waals surface area (Å²) in [4.78, 5) is 38.6. The van der Waals surface area contributed by atoms with Crippen molar-refractivity contribution in [3.05, 3.63) is 74.9 Å². The van der Waals surface area contributed by atoms with Crippen molar-refractivity contribution in [2.45, 2.75) is 26.3 Å². The van der Waals surface area contributed by atoms with Crippen LogP contribution in [0.3, 0.4) is 0 Å². The maximum absolute atomic E-state index is 13.2. The smallest absolute Gasteiger partial charge is 0.336 e. The molecular weight excluding hydrogens is 370 g/mol. The molecule has 3 rings (SSSR count). The Morgan fingerprint density at radius 2 is 1.76 bits per heavy atom. The molecule has 0 unspecified atom stereocenters. The standard InChI is InChI=1S/C22H25N3O4/c1-15(2)16-8-10-17(11-9-16)25-21(27)18-6-4-5-7-19(18)24(22(25)28)14-20(26)23-12-13-29-3/h4-11,15H,12-14H2,1-3H3,(H,23,26). The normalized spacial score (nSPS) is 11.2. The van der Waals surface area contributed by atoms with E-state index in [-0.39, 0.29) is 12.5 Å². The van der Waals surface area contributed by atoms with Gasteiger partial charge in [-0.1, -0.05) is 38.1 Å². The van der Waals surface area contributed by atoms with E-state index in [9.17, 15) is 14.4 Å². The molecule has 0 aliphatic rings. The van der Waals surface area contributed by atoms with E-state index in [1.165, 1.54) is 4.57 Å². The van der Waals surface area contributed by atoms with Gasteiger partial charge in [-0.25, -0.2) is 9.36 Å². The summed E-state index contributed by atoms with van der Waals surface area (Å²) < 4.78 is 7.38. The van der Waals surface area contributed by atoms with Gasteiger partial charge in [-0.05, 0) is 35.7 Å². The van der Waals surface area contributed by atoms with Gasteiger partial charge in [-0.3, -0.25) is 14.2 Å². The minimum Gasteiger partial charge on any atom is -0.383 e. The molecule has 0 spiro atoms. The van der Waals surface area contributed by atoms with Gasteiger partial charge in [-0.2, -0.15) is 0 Å². The van der Waals surface area contributed by atoms with Crippen LogP contribution in [-0.2, 0) is 16.1 Å². The zero-order valence-corrected chi connectivity index (χ0v) is 16.8. The molecule has 0 radical (unpaired) electrons. The first kappa shape index (κ1) is 20.5. The van der Waals surface area contributed by atoms with E-state index in [2.05, 4.69) is 19.2 Å². The number of para-hydroxylation sites is 1. The summed E-state index contributed by atoms with van der Waals surface area (Å²) in [6.45, 7) is 4.69. The van der Waals surface area contributed by atoms with Gasteiger partial charge in [0.15, 0.2) is 0 Å². The molecular formula is C22H25N3O4. The Labute approximate surface area is 168 Å². The molecule has 0 aliphatic carbocycles. The van der Waals surface area contributed by atoms with Crippen molar-refractivity contribution in [3.8, 4) is 5.69 Å². The summed E-state index contributed by atoms with van der Waals surface area (Å²) in [6, 6.07) is 14.1. The lowest BCUT2D eigenvalue weighted by atomic mass is 10.0. The van der Waals surface area contributed by atoms with E-state index in [1.54, 1.807) is 43.5 Å². The first-order chi connectivity index (χ1) is 13.9. The number of fused-ring (bicyclic) bond motifs is 1. The highest BCUT2D eigenvalue weighted by molar-refractivity contribution is 5.81. The van der Waals surface area contributed by atoms with Crippen LogP contribution in [0.4, 0.5) is 0 Å². The van der Waals surface area contributed by atoms with Crippen LogP contribution in [-0.4, -0.2) is 35.3 Å². The topological polar surface area (TPSA) is 82.3 Å². The first-order valence-electron chi connectivity index (χ1n) is 9.54. The maximum Gasteiger partial charge on any atom is 0.336 e. The van der Waals surface area contributed by atoms with Gasteiger partial charge in [-0.15, -0.1) is 0 Å². The monoisotopic (exact) mass is 395 g/mol. The number of amides is 1. The van der Waals surface area contributed by atoms with Gasteiger partial charge in [0.05, 0.1) is 23.2 Å². The molecule has 0 atom stereocenters. The quantitative estimate of drug-likeness (QED) is 0.621. The molecule has 7 nitrogen and oxygen atoms in total. The number of methoxy groups -OCH3 is 1. The fourth-order valence-electron chi connectivity index (χ4n) is 3.20.